The van der Waals surface area contributed by atoms with E-state index in [1.165, 1.54) is 7.11 Å². The van der Waals surface area contributed by atoms with Crippen LogP contribution in [0.2, 0.25) is 0 Å². The van der Waals surface area contributed by atoms with Crippen molar-refractivity contribution in [2.24, 2.45) is 11.7 Å². The first kappa shape index (κ1) is 21.5. The lowest BCUT2D eigenvalue weighted by atomic mass is 10.0. The lowest BCUT2D eigenvalue weighted by Crippen LogP contribution is -2.48. The SMILES string of the molecule is COc1ccc(OC)c(NC(=S)NCC(=O)N[C@@H](CC(C)C)C(N)=O)c1. The maximum Gasteiger partial charge on any atom is 0.240 e. The number of hydrogen-bond donors (Lipinski definition) is 4. The second kappa shape index (κ2) is 10.4. The van der Waals surface area contributed by atoms with E-state index in [1.807, 2.05) is 13.8 Å². The van der Waals surface area contributed by atoms with Crippen LogP contribution in [0.4, 0.5) is 5.69 Å². The average Bonchev–Trinajstić information content (AvgIpc) is 2.58. The molecule has 8 nitrogen and oxygen atoms in total. The minimum Gasteiger partial charge on any atom is -0.497 e. The number of thiocarbonyl (C=S) groups is 1. The summed E-state index contributed by atoms with van der Waals surface area (Å²) in [6, 6.07) is 4.51. The molecule has 0 radical (unpaired) electrons. The van der Waals surface area contributed by atoms with E-state index in [4.69, 9.17) is 27.4 Å². The molecule has 0 heterocycles. The predicted octanol–water partition coefficient (Wildman–Crippen LogP) is 1.01. The standard InChI is InChI=1S/C17H26N4O4S/c1-10(2)7-13(16(18)23)20-15(22)9-19-17(26)21-12-8-11(24-3)5-6-14(12)25-4/h5-6,8,10,13H,7,9H2,1-4H3,(H2,18,23)(H,20,22)(H2,19,21,26)/t13-/m0/s1. The van der Waals surface area contributed by atoms with Crippen LogP contribution in [0.25, 0.3) is 0 Å². The largest absolute Gasteiger partial charge is 0.497 e. The first-order valence-electron chi connectivity index (χ1n) is 8.12. The number of methoxy groups -OCH3 is 2. The van der Waals surface area contributed by atoms with Crippen LogP contribution in [0.1, 0.15) is 20.3 Å². The van der Waals surface area contributed by atoms with Gasteiger partial charge >= 0.3 is 0 Å². The molecular weight excluding hydrogens is 356 g/mol. The summed E-state index contributed by atoms with van der Waals surface area (Å²) in [5.74, 6) is 0.492. The number of nitrogens with two attached hydrogens (primary N) is 1. The molecule has 0 saturated carbocycles. The number of amides is 2. The molecule has 2 amide bonds. The van der Waals surface area contributed by atoms with Gasteiger partial charge in [0.1, 0.15) is 17.5 Å². The summed E-state index contributed by atoms with van der Waals surface area (Å²) in [7, 11) is 3.09. The van der Waals surface area contributed by atoms with Gasteiger partial charge in [-0.05, 0) is 36.7 Å². The number of benzene rings is 1. The van der Waals surface area contributed by atoms with Crippen molar-refractivity contribution in [1.82, 2.24) is 10.6 Å². The molecule has 9 heteroatoms. The van der Waals surface area contributed by atoms with Gasteiger partial charge in [-0.2, -0.15) is 0 Å². The Kier molecular flexibility index (Phi) is 8.63. The highest BCUT2D eigenvalue weighted by Crippen LogP contribution is 2.28. The van der Waals surface area contributed by atoms with E-state index in [1.54, 1.807) is 25.3 Å². The molecule has 1 rings (SSSR count). The molecule has 5 N–H and O–H groups in total. The van der Waals surface area contributed by atoms with Crippen molar-refractivity contribution < 1.29 is 19.1 Å². The molecule has 1 aromatic rings. The molecule has 26 heavy (non-hydrogen) atoms. The smallest absolute Gasteiger partial charge is 0.240 e. The van der Waals surface area contributed by atoms with Crippen molar-refractivity contribution in [2.75, 3.05) is 26.1 Å². The van der Waals surface area contributed by atoms with Gasteiger partial charge in [0.25, 0.3) is 0 Å². The molecule has 1 atom stereocenters. The number of nitrogens with one attached hydrogen (secondary N) is 3. The second-order valence-electron chi connectivity index (χ2n) is 6.03. The first-order valence-corrected chi connectivity index (χ1v) is 8.53. The molecule has 0 aliphatic rings. The summed E-state index contributed by atoms with van der Waals surface area (Å²) < 4.78 is 10.4. The van der Waals surface area contributed by atoms with E-state index in [2.05, 4.69) is 16.0 Å². The number of carbonyl (C=O) groups excluding carboxylic acids is 2. The number of rotatable bonds is 9. The number of hydrogen-bond acceptors (Lipinski definition) is 5. The molecule has 0 saturated heterocycles. The molecule has 0 unspecified atom stereocenters. The first-order chi connectivity index (χ1) is 12.3. The van der Waals surface area contributed by atoms with Gasteiger partial charge in [0.2, 0.25) is 11.8 Å². The van der Waals surface area contributed by atoms with Gasteiger partial charge in [0.15, 0.2) is 5.11 Å². The van der Waals surface area contributed by atoms with Gasteiger partial charge in [-0.3, -0.25) is 9.59 Å². The zero-order chi connectivity index (χ0) is 19.7. The number of carbonyl (C=O) groups is 2. The third kappa shape index (κ3) is 7.14. The predicted molar refractivity (Wildman–Crippen MR) is 104 cm³/mol. The van der Waals surface area contributed by atoms with E-state index >= 15 is 0 Å². The molecule has 0 aliphatic carbocycles. The van der Waals surface area contributed by atoms with Gasteiger partial charge in [0.05, 0.1) is 26.5 Å². The van der Waals surface area contributed by atoms with E-state index in [-0.39, 0.29) is 23.5 Å². The molecule has 0 aromatic heterocycles. The summed E-state index contributed by atoms with van der Waals surface area (Å²) in [5.41, 5.74) is 5.91. The van der Waals surface area contributed by atoms with Gasteiger partial charge in [-0.15, -0.1) is 0 Å². The van der Waals surface area contributed by atoms with Crippen molar-refractivity contribution in [3.63, 3.8) is 0 Å². The fourth-order valence-corrected chi connectivity index (χ4v) is 2.38. The highest BCUT2D eigenvalue weighted by atomic mass is 32.1. The summed E-state index contributed by atoms with van der Waals surface area (Å²) in [6.07, 6.45) is 0.477. The quantitative estimate of drug-likeness (QED) is 0.471. The zero-order valence-corrected chi connectivity index (χ0v) is 16.2. The molecule has 1 aromatic carbocycles. The minimum atomic E-state index is -0.704. The summed E-state index contributed by atoms with van der Waals surface area (Å²) in [5, 5.41) is 8.55. The Morgan fingerprint density at radius 2 is 1.92 bits per heavy atom. The normalized spacial score (nSPS) is 11.4. The van der Waals surface area contributed by atoms with Crippen LogP contribution in [0.3, 0.4) is 0 Å². The summed E-state index contributed by atoms with van der Waals surface area (Å²) in [6.45, 7) is 3.79. The summed E-state index contributed by atoms with van der Waals surface area (Å²) >= 11 is 5.19. The minimum absolute atomic E-state index is 0.0972. The number of ether oxygens (including phenoxy) is 2. The molecule has 144 valence electrons. The molecule has 0 fully saturated rings. The zero-order valence-electron chi connectivity index (χ0n) is 15.4. The van der Waals surface area contributed by atoms with Gasteiger partial charge in [-0.25, -0.2) is 0 Å². The topological polar surface area (TPSA) is 115 Å². The Bertz CT molecular complexity index is 652. The lowest BCUT2D eigenvalue weighted by molar-refractivity contribution is -0.127. The maximum atomic E-state index is 12.0. The lowest BCUT2D eigenvalue weighted by Gasteiger charge is -2.18. The van der Waals surface area contributed by atoms with E-state index in [9.17, 15) is 9.59 Å². The molecule has 0 spiro atoms. The van der Waals surface area contributed by atoms with Gasteiger partial charge < -0.3 is 31.2 Å². The molecule has 0 aliphatic heterocycles. The van der Waals surface area contributed by atoms with E-state index in [0.717, 1.165) is 0 Å². The Hall–Kier alpha value is -2.55. The third-order valence-electron chi connectivity index (χ3n) is 3.45. The Morgan fingerprint density at radius 1 is 1.23 bits per heavy atom. The van der Waals surface area contributed by atoms with Crippen LogP contribution in [0, 0.1) is 5.92 Å². The van der Waals surface area contributed by atoms with Gasteiger partial charge in [0, 0.05) is 6.07 Å². The monoisotopic (exact) mass is 382 g/mol. The third-order valence-corrected chi connectivity index (χ3v) is 3.70. The van der Waals surface area contributed by atoms with Crippen LogP contribution in [0.5, 0.6) is 11.5 Å². The fraction of sp³-hybridized carbons (Fsp3) is 0.471. The maximum absolute atomic E-state index is 12.0. The van der Waals surface area contributed by atoms with Crippen LogP contribution in [-0.4, -0.2) is 43.7 Å². The Balaban J connectivity index is 2.58. The van der Waals surface area contributed by atoms with Crippen LogP contribution < -0.4 is 31.2 Å². The van der Waals surface area contributed by atoms with Crippen molar-refractivity contribution in [1.29, 1.82) is 0 Å². The molecule has 0 bridgehead atoms. The number of primary amides is 1. The average molecular weight is 382 g/mol. The van der Waals surface area contributed by atoms with Crippen LogP contribution in [0.15, 0.2) is 18.2 Å². The molecular formula is C17H26N4O4S. The van der Waals surface area contributed by atoms with Crippen molar-refractivity contribution in [2.45, 2.75) is 26.3 Å². The van der Waals surface area contributed by atoms with E-state index < -0.39 is 11.9 Å². The fourth-order valence-electron chi connectivity index (χ4n) is 2.20. The van der Waals surface area contributed by atoms with Crippen molar-refractivity contribution >= 4 is 34.8 Å². The Labute approximate surface area is 158 Å². The highest BCUT2D eigenvalue weighted by molar-refractivity contribution is 7.80. The second-order valence-corrected chi connectivity index (χ2v) is 6.43. The highest BCUT2D eigenvalue weighted by Gasteiger charge is 2.19. The van der Waals surface area contributed by atoms with Crippen molar-refractivity contribution in [3.05, 3.63) is 18.2 Å². The Morgan fingerprint density at radius 3 is 2.46 bits per heavy atom. The van der Waals surface area contributed by atoms with Crippen molar-refractivity contribution in [3.8, 4) is 11.5 Å². The van der Waals surface area contributed by atoms with E-state index in [0.29, 0.717) is 23.6 Å². The van der Waals surface area contributed by atoms with Gasteiger partial charge in [-0.1, -0.05) is 13.8 Å². The summed E-state index contributed by atoms with van der Waals surface area (Å²) in [4.78, 5) is 23.4. The number of anilines is 1. The van der Waals surface area contributed by atoms with Crippen LogP contribution in [-0.2, 0) is 9.59 Å². The van der Waals surface area contributed by atoms with Crippen LogP contribution >= 0.6 is 12.2 Å².